The Balaban J connectivity index is 2.03. The minimum atomic E-state index is -1.08. The fourth-order valence-electron chi connectivity index (χ4n) is 2.84. The molecule has 4 heteroatoms. The van der Waals surface area contributed by atoms with E-state index >= 15 is 0 Å². The molecule has 1 aliphatic carbocycles. The van der Waals surface area contributed by atoms with Crippen LogP contribution in [0.15, 0.2) is 30.3 Å². The average molecular weight is 217 g/mol. The predicted octanol–water partition coefficient (Wildman–Crippen LogP) is 0.428. The monoisotopic (exact) mass is 217 g/mol. The van der Waals surface area contributed by atoms with Crippen molar-refractivity contribution < 1.29 is 14.3 Å². The number of hydrogen-bond donors (Lipinski definition) is 1. The molecule has 1 saturated carbocycles. The van der Waals surface area contributed by atoms with Gasteiger partial charge < -0.3 is 10.5 Å². The molecule has 16 heavy (non-hydrogen) atoms. The van der Waals surface area contributed by atoms with Crippen LogP contribution < -0.4 is 5.73 Å². The summed E-state index contributed by atoms with van der Waals surface area (Å²) in [5, 5.41) is 0. The molecule has 1 saturated heterocycles. The fourth-order valence-corrected chi connectivity index (χ4v) is 2.84. The number of rotatable bonds is 2. The zero-order chi connectivity index (χ0) is 11.3. The zero-order valence-electron chi connectivity index (χ0n) is 8.55. The Morgan fingerprint density at radius 2 is 2.06 bits per heavy atom. The highest BCUT2D eigenvalue weighted by Crippen LogP contribution is 2.68. The van der Waals surface area contributed by atoms with Crippen molar-refractivity contribution in [1.29, 1.82) is 0 Å². The number of esters is 1. The Hall–Kier alpha value is -1.84. The second-order valence-corrected chi connectivity index (χ2v) is 4.33. The smallest absolute Gasteiger partial charge is 0.322 e. The van der Waals surface area contributed by atoms with Crippen LogP contribution in [-0.2, 0) is 14.3 Å². The van der Waals surface area contributed by atoms with Gasteiger partial charge in [-0.2, -0.15) is 0 Å². The normalized spacial score (nSPS) is 35.4. The van der Waals surface area contributed by atoms with Gasteiger partial charge in [-0.1, -0.05) is 30.3 Å². The minimum absolute atomic E-state index is 0.0695. The lowest BCUT2D eigenvalue weighted by Gasteiger charge is -2.09. The molecule has 3 atom stereocenters. The lowest BCUT2D eigenvalue weighted by atomic mass is 9.98. The first-order chi connectivity index (χ1) is 7.69. The molecule has 2 fully saturated rings. The number of nitrogens with two attached hydrogens (primary N) is 1. The Labute approximate surface area is 92.4 Å². The van der Waals surface area contributed by atoms with E-state index in [0.29, 0.717) is 6.61 Å². The van der Waals surface area contributed by atoms with Crippen LogP contribution in [0.5, 0.6) is 0 Å². The van der Waals surface area contributed by atoms with Gasteiger partial charge in [0.15, 0.2) is 5.41 Å². The Kier molecular flexibility index (Phi) is 1.67. The Bertz CT molecular complexity index is 470. The number of cyclic esters (lactones) is 1. The Morgan fingerprint density at radius 1 is 1.38 bits per heavy atom. The third kappa shape index (κ3) is 0.894. The molecule has 1 amide bonds. The summed E-state index contributed by atoms with van der Waals surface area (Å²) in [6.45, 7) is 0.307. The molecule has 0 radical (unpaired) electrons. The van der Waals surface area contributed by atoms with Crippen molar-refractivity contribution in [2.45, 2.75) is 5.92 Å². The number of benzene rings is 1. The molecule has 1 heterocycles. The molecule has 1 aromatic carbocycles. The van der Waals surface area contributed by atoms with E-state index in [2.05, 4.69) is 0 Å². The molecule has 1 aromatic rings. The zero-order valence-corrected chi connectivity index (χ0v) is 8.55. The summed E-state index contributed by atoms with van der Waals surface area (Å²) in [5.41, 5.74) is 5.26. The molecular formula is C12H11NO3. The van der Waals surface area contributed by atoms with Crippen molar-refractivity contribution in [3.05, 3.63) is 35.9 Å². The van der Waals surface area contributed by atoms with Crippen LogP contribution >= 0.6 is 0 Å². The first kappa shape index (κ1) is 9.39. The molecule has 0 aromatic heterocycles. The Morgan fingerprint density at radius 3 is 2.62 bits per heavy atom. The van der Waals surface area contributed by atoms with Crippen LogP contribution in [0.1, 0.15) is 11.5 Å². The fraction of sp³-hybridized carbons (Fsp3) is 0.333. The summed E-state index contributed by atoms with van der Waals surface area (Å²) in [5.74, 6) is -1.18. The summed E-state index contributed by atoms with van der Waals surface area (Å²) in [6.07, 6.45) is 0. The van der Waals surface area contributed by atoms with Gasteiger partial charge in [0.2, 0.25) is 5.91 Å². The van der Waals surface area contributed by atoms with Crippen LogP contribution in [0.25, 0.3) is 0 Å². The summed E-state index contributed by atoms with van der Waals surface area (Å²) < 4.78 is 4.89. The number of ether oxygens (including phenoxy) is 1. The van der Waals surface area contributed by atoms with Gasteiger partial charge in [-0.25, -0.2) is 0 Å². The SMILES string of the molecule is NC(=O)[C@@]12C(=O)OC[C@@H]1[C@@H]2c1ccccc1. The molecule has 0 unspecified atom stereocenters. The highest BCUT2D eigenvalue weighted by Gasteiger charge is 2.78. The quantitative estimate of drug-likeness (QED) is 0.577. The molecule has 4 nitrogen and oxygen atoms in total. The van der Waals surface area contributed by atoms with Gasteiger partial charge in [0.1, 0.15) is 0 Å². The van der Waals surface area contributed by atoms with Crippen molar-refractivity contribution in [2.24, 2.45) is 17.1 Å². The summed E-state index contributed by atoms with van der Waals surface area (Å²) in [6, 6.07) is 9.52. The van der Waals surface area contributed by atoms with E-state index in [1.54, 1.807) is 0 Å². The van der Waals surface area contributed by atoms with E-state index in [4.69, 9.17) is 10.5 Å². The van der Waals surface area contributed by atoms with Crippen molar-refractivity contribution >= 4 is 11.9 Å². The molecular weight excluding hydrogens is 206 g/mol. The number of primary amides is 1. The van der Waals surface area contributed by atoms with E-state index in [1.807, 2.05) is 30.3 Å². The molecule has 1 aliphatic heterocycles. The van der Waals surface area contributed by atoms with E-state index in [0.717, 1.165) is 5.56 Å². The summed E-state index contributed by atoms with van der Waals surface area (Å²) in [7, 11) is 0. The number of fused-ring (bicyclic) bond motifs is 1. The predicted molar refractivity (Wildman–Crippen MR) is 55.3 cm³/mol. The van der Waals surface area contributed by atoms with Gasteiger partial charge in [-0.05, 0) is 5.56 Å². The van der Waals surface area contributed by atoms with Gasteiger partial charge >= 0.3 is 5.97 Å². The molecule has 2 N–H and O–H groups in total. The van der Waals surface area contributed by atoms with Crippen LogP contribution in [0.3, 0.4) is 0 Å². The number of amides is 1. The van der Waals surface area contributed by atoms with Gasteiger partial charge in [0.25, 0.3) is 0 Å². The molecule has 2 aliphatic rings. The van der Waals surface area contributed by atoms with E-state index in [1.165, 1.54) is 0 Å². The molecule has 0 spiro atoms. The van der Waals surface area contributed by atoms with Gasteiger partial charge in [0.05, 0.1) is 6.61 Å². The van der Waals surface area contributed by atoms with E-state index in [-0.39, 0.29) is 11.8 Å². The van der Waals surface area contributed by atoms with Crippen molar-refractivity contribution in [2.75, 3.05) is 6.61 Å². The maximum Gasteiger partial charge on any atom is 0.322 e. The van der Waals surface area contributed by atoms with Gasteiger partial charge in [-0.3, -0.25) is 9.59 Å². The lowest BCUT2D eigenvalue weighted by Crippen LogP contribution is -2.33. The maximum absolute atomic E-state index is 11.6. The van der Waals surface area contributed by atoms with Crippen LogP contribution in [0.4, 0.5) is 0 Å². The maximum atomic E-state index is 11.6. The first-order valence-corrected chi connectivity index (χ1v) is 5.21. The summed E-state index contributed by atoms with van der Waals surface area (Å²) >= 11 is 0. The van der Waals surface area contributed by atoms with E-state index in [9.17, 15) is 9.59 Å². The van der Waals surface area contributed by atoms with E-state index < -0.39 is 17.3 Å². The van der Waals surface area contributed by atoms with Crippen LogP contribution in [-0.4, -0.2) is 18.5 Å². The number of hydrogen-bond acceptors (Lipinski definition) is 3. The van der Waals surface area contributed by atoms with Crippen molar-refractivity contribution in [3.8, 4) is 0 Å². The number of carbonyl (C=O) groups excluding carboxylic acids is 2. The lowest BCUT2D eigenvalue weighted by molar-refractivity contribution is -0.148. The second kappa shape index (κ2) is 2.84. The standard InChI is InChI=1S/C12H11NO3/c13-10(14)12-8(6-16-11(12)15)9(12)7-4-2-1-3-5-7/h1-5,8-9H,6H2,(H2,13,14)/t8-,9+,12-/m1/s1. The van der Waals surface area contributed by atoms with Crippen molar-refractivity contribution in [1.82, 2.24) is 0 Å². The minimum Gasteiger partial charge on any atom is -0.464 e. The topological polar surface area (TPSA) is 69.4 Å². The second-order valence-electron chi connectivity index (χ2n) is 4.33. The first-order valence-electron chi connectivity index (χ1n) is 5.21. The molecule has 3 rings (SSSR count). The largest absolute Gasteiger partial charge is 0.464 e. The third-order valence-electron chi connectivity index (χ3n) is 3.67. The van der Waals surface area contributed by atoms with Crippen molar-refractivity contribution in [3.63, 3.8) is 0 Å². The van der Waals surface area contributed by atoms with Gasteiger partial charge in [0, 0.05) is 11.8 Å². The molecule has 0 bridgehead atoms. The van der Waals surface area contributed by atoms with Crippen LogP contribution in [0.2, 0.25) is 0 Å². The highest BCUT2D eigenvalue weighted by molar-refractivity contribution is 6.09. The number of carbonyl (C=O) groups is 2. The van der Waals surface area contributed by atoms with Crippen LogP contribution in [0, 0.1) is 11.3 Å². The third-order valence-corrected chi connectivity index (χ3v) is 3.67. The average Bonchev–Trinajstić information content (AvgIpc) is 2.86. The molecule has 82 valence electrons. The highest BCUT2D eigenvalue weighted by atomic mass is 16.5. The summed E-state index contributed by atoms with van der Waals surface area (Å²) in [4.78, 5) is 23.1. The van der Waals surface area contributed by atoms with Gasteiger partial charge in [-0.15, -0.1) is 0 Å².